The molecule has 1 fully saturated rings. The Morgan fingerprint density at radius 3 is 2.55 bits per heavy atom. The van der Waals surface area contributed by atoms with Crippen LogP contribution in [0.3, 0.4) is 0 Å². The van der Waals surface area contributed by atoms with Gasteiger partial charge in [0, 0.05) is 19.5 Å². The number of aliphatic carboxylic acids is 1. The first-order valence-electron chi connectivity index (χ1n) is 9.55. The lowest BCUT2D eigenvalue weighted by atomic mass is 10.1. The summed E-state index contributed by atoms with van der Waals surface area (Å²) in [5.74, 6) is 0.325. The van der Waals surface area contributed by atoms with E-state index in [1.807, 2.05) is 48.5 Å². The van der Waals surface area contributed by atoms with Crippen LogP contribution in [0.25, 0.3) is 0 Å². The molecule has 0 aromatic heterocycles. The lowest BCUT2D eigenvalue weighted by Crippen LogP contribution is -2.28. The lowest BCUT2D eigenvalue weighted by molar-refractivity contribution is -0.141. The monoisotopic (exact) mass is 399 g/mol. The number of hydrogen-bond acceptors (Lipinski definition) is 5. The van der Waals surface area contributed by atoms with Crippen molar-refractivity contribution in [3.8, 4) is 17.2 Å². The van der Waals surface area contributed by atoms with E-state index in [1.54, 1.807) is 12.0 Å². The summed E-state index contributed by atoms with van der Waals surface area (Å²) >= 11 is 0. The van der Waals surface area contributed by atoms with Crippen molar-refractivity contribution in [1.29, 1.82) is 0 Å². The quantitative estimate of drug-likeness (QED) is 0.618. The molecule has 0 radical (unpaired) electrons. The second-order valence-electron chi connectivity index (χ2n) is 6.79. The van der Waals surface area contributed by atoms with Gasteiger partial charge < -0.3 is 24.2 Å². The molecule has 0 saturated carbocycles. The van der Waals surface area contributed by atoms with Crippen LogP contribution in [0, 0.1) is 5.92 Å². The largest absolute Gasteiger partial charge is 0.493 e. The molecular weight excluding hydrogens is 374 g/mol. The summed E-state index contributed by atoms with van der Waals surface area (Å²) in [6.45, 7) is 1.41. The van der Waals surface area contributed by atoms with Crippen LogP contribution in [0.15, 0.2) is 48.5 Å². The average Bonchev–Trinajstić information content (AvgIpc) is 3.11. The number of likely N-dealkylation sites (tertiary alicyclic amines) is 1. The second kappa shape index (κ2) is 9.82. The Balaban J connectivity index is 1.58. The molecule has 2 aromatic rings. The molecule has 1 N–H and O–H groups in total. The number of hydrogen-bond donors (Lipinski definition) is 1. The fourth-order valence-corrected chi connectivity index (χ4v) is 3.31. The van der Waals surface area contributed by atoms with Crippen LogP contribution in [0.2, 0.25) is 0 Å². The fraction of sp³-hybridized carbons (Fsp3) is 0.364. The van der Waals surface area contributed by atoms with Gasteiger partial charge in [0.1, 0.15) is 19.0 Å². The van der Waals surface area contributed by atoms with E-state index < -0.39 is 11.9 Å². The van der Waals surface area contributed by atoms with Crippen LogP contribution in [0.4, 0.5) is 0 Å². The number of para-hydroxylation sites is 2. The minimum atomic E-state index is -0.926. The molecular formula is C22H25NO6. The highest BCUT2D eigenvalue weighted by Gasteiger charge is 2.33. The summed E-state index contributed by atoms with van der Waals surface area (Å²) in [6.07, 6.45) is 0.609. The van der Waals surface area contributed by atoms with E-state index in [-0.39, 0.29) is 18.9 Å². The number of benzene rings is 2. The number of carbonyl (C=O) groups excluding carboxylic acids is 1. The Labute approximate surface area is 169 Å². The zero-order chi connectivity index (χ0) is 20.6. The Kier molecular flexibility index (Phi) is 6.94. The van der Waals surface area contributed by atoms with Gasteiger partial charge in [-0.3, -0.25) is 9.59 Å². The predicted octanol–water partition coefficient (Wildman–Crippen LogP) is 2.63. The van der Waals surface area contributed by atoms with Gasteiger partial charge in [-0.2, -0.15) is 0 Å². The van der Waals surface area contributed by atoms with E-state index in [0.29, 0.717) is 37.7 Å². The molecule has 1 amide bonds. The predicted molar refractivity (Wildman–Crippen MR) is 106 cm³/mol. The Bertz CT molecular complexity index is 838. The minimum Gasteiger partial charge on any atom is -0.493 e. The summed E-state index contributed by atoms with van der Waals surface area (Å²) < 4.78 is 17.0. The van der Waals surface area contributed by atoms with Gasteiger partial charge >= 0.3 is 5.97 Å². The standard InChI is InChI=1S/C22H25NO6/c1-27-19-9-5-6-16(10-11-23-15-17(22(25)26)14-20(23)24)21(19)29-13-12-28-18-7-3-2-4-8-18/h2-9,17H,10-15H2,1H3,(H,25,26). The average molecular weight is 399 g/mol. The zero-order valence-electron chi connectivity index (χ0n) is 16.4. The molecule has 0 spiro atoms. The third-order valence-electron chi connectivity index (χ3n) is 4.84. The van der Waals surface area contributed by atoms with Crippen molar-refractivity contribution < 1.29 is 28.9 Å². The van der Waals surface area contributed by atoms with Gasteiger partial charge in [0.2, 0.25) is 5.91 Å². The number of rotatable bonds is 10. The number of carboxylic acids is 1. The maximum absolute atomic E-state index is 12.1. The number of nitrogens with zero attached hydrogens (tertiary/aromatic N) is 1. The zero-order valence-corrected chi connectivity index (χ0v) is 16.4. The third kappa shape index (κ3) is 5.40. The van der Waals surface area contributed by atoms with Gasteiger partial charge in [-0.15, -0.1) is 0 Å². The van der Waals surface area contributed by atoms with Crippen molar-refractivity contribution >= 4 is 11.9 Å². The lowest BCUT2D eigenvalue weighted by Gasteiger charge is -2.19. The van der Waals surface area contributed by atoms with E-state index in [4.69, 9.17) is 19.3 Å². The minimum absolute atomic E-state index is 0.0631. The molecule has 0 aliphatic carbocycles. The first-order valence-corrected chi connectivity index (χ1v) is 9.55. The molecule has 7 nitrogen and oxygen atoms in total. The fourth-order valence-electron chi connectivity index (χ4n) is 3.31. The van der Waals surface area contributed by atoms with E-state index in [0.717, 1.165) is 11.3 Å². The molecule has 3 rings (SSSR count). The third-order valence-corrected chi connectivity index (χ3v) is 4.84. The molecule has 1 atom stereocenters. The van der Waals surface area contributed by atoms with Crippen LogP contribution in [-0.4, -0.2) is 55.3 Å². The summed E-state index contributed by atoms with van der Waals surface area (Å²) in [4.78, 5) is 24.8. The Hall–Kier alpha value is -3.22. The van der Waals surface area contributed by atoms with Crippen LogP contribution in [0.5, 0.6) is 17.2 Å². The molecule has 1 unspecified atom stereocenters. The maximum atomic E-state index is 12.1. The molecule has 1 aliphatic heterocycles. The molecule has 29 heavy (non-hydrogen) atoms. The van der Waals surface area contributed by atoms with Gasteiger partial charge in [-0.25, -0.2) is 0 Å². The molecule has 0 bridgehead atoms. The van der Waals surface area contributed by atoms with Crippen molar-refractivity contribution in [2.24, 2.45) is 5.92 Å². The summed E-state index contributed by atoms with van der Waals surface area (Å²) in [6, 6.07) is 15.1. The molecule has 1 aliphatic rings. The first kappa shape index (κ1) is 20.5. The summed E-state index contributed by atoms with van der Waals surface area (Å²) in [5, 5.41) is 9.12. The normalized spacial score (nSPS) is 16.0. The van der Waals surface area contributed by atoms with Crippen LogP contribution in [0.1, 0.15) is 12.0 Å². The summed E-state index contributed by atoms with van der Waals surface area (Å²) in [7, 11) is 1.58. The number of methoxy groups -OCH3 is 1. The van der Waals surface area contributed by atoms with Crippen LogP contribution < -0.4 is 14.2 Å². The number of carboxylic acid groups (broad SMARTS) is 1. The maximum Gasteiger partial charge on any atom is 0.308 e. The first-order chi connectivity index (χ1) is 14.1. The number of ether oxygens (including phenoxy) is 3. The van der Waals surface area contributed by atoms with E-state index >= 15 is 0 Å². The smallest absolute Gasteiger partial charge is 0.308 e. The van der Waals surface area contributed by atoms with Crippen LogP contribution >= 0.6 is 0 Å². The highest BCUT2D eigenvalue weighted by molar-refractivity contribution is 5.86. The number of amides is 1. The molecule has 7 heteroatoms. The van der Waals surface area contributed by atoms with Crippen molar-refractivity contribution in [3.63, 3.8) is 0 Å². The highest BCUT2D eigenvalue weighted by atomic mass is 16.5. The SMILES string of the molecule is COc1cccc(CCN2CC(C(=O)O)CC2=O)c1OCCOc1ccccc1. The van der Waals surface area contributed by atoms with Crippen LogP contribution in [-0.2, 0) is 16.0 Å². The molecule has 2 aromatic carbocycles. The second-order valence-corrected chi connectivity index (χ2v) is 6.79. The highest BCUT2D eigenvalue weighted by Crippen LogP contribution is 2.32. The molecule has 1 saturated heterocycles. The van der Waals surface area contributed by atoms with E-state index in [9.17, 15) is 9.59 Å². The van der Waals surface area contributed by atoms with Crippen molar-refractivity contribution in [1.82, 2.24) is 4.90 Å². The summed E-state index contributed by atoms with van der Waals surface area (Å²) in [5.41, 5.74) is 0.899. The van der Waals surface area contributed by atoms with Gasteiger partial charge in [-0.1, -0.05) is 30.3 Å². The van der Waals surface area contributed by atoms with Gasteiger partial charge in [-0.05, 0) is 30.2 Å². The Morgan fingerprint density at radius 2 is 1.86 bits per heavy atom. The van der Waals surface area contributed by atoms with Crippen molar-refractivity contribution in [3.05, 3.63) is 54.1 Å². The van der Waals surface area contributed by atoms with Crippen molar-refractivity contribution in [2.45, 2.75) is 12.8 Å². The van der Waals surface area contributed by atoms with Gasteiger partial charge in [0.05, 0.1) is 13.0 Å². The van der Waals surface area contributed by atoms with Gasteiger partial charge in [0.15, 0.2) is 11.5 Å². The van der Waals surface area contributed by atoms with E-state index in [1.165, 1.54) is 0 Å². The number of carbonyl (C=O) groups is 2. The molecule has 154 valence electrons. The molecule has 1 heterocycles. The van der Waals surface area contributed by atoms with Crippen molar-refractivity contribution in [2.75, 3.05) is 33.4 Å². The van der Waals surface area contributed by atoms with E-state index in [2.05, 4.69) is 0 Å². The Morgan fingerprint density at radius 1 is 1.10 bits per heavy atom. The van der Waals surface area contributed by atoms with Gasteiger partial charge in [0.25, 0.3) is 0 Å². The topological polar surface area (TPSA) is 85.3 Å².